The molecule has 0 aliphatic heterocycles. The smallest absolute Gasteiger partial charge is 0.329 e. The highest BCUT2D eigenvalue weighted by Gasteiger charge is 2.26. The number of nitrogen functional groups attached to an aromatic ring is 1. The number of nitrogens with two attached hydrogens (primary N) is 2. The van der Waals surface area contributed by atoms with Gasteiger partial charge in [0, 0.05) is 12.1 Å². The fraction of sp³-hybridized carbons (Fsp3) is 0.474. The summed E-state index contributed by atoms with van der Waals surface area (Å²) in [6, 6.07) is 3.68. The largest absolute Gasteiger partial charge is 0.378 e. The first-order valence-electron chi connectivity index (χ1n) is 9.53. The van der Waals surface area contributed by atoms with Gasteiger partial charge in [0.2, 0.25) is 11.8 Å². The number of anilines is 2. The summed E-state index contributed by atoms with van der Waals surface area (Å²) in [5.41, 5.74) is 10.9. The van der Waals surface area contributed by atoms with Gasteiger partial charge in [-0.1, -0.05) is 6.07 Å². The fourth-order valence-electron chi connectivity index (χ4n) is 3.72. The van der Waals surface area contributed by atoms with E-state index in [1.165, 1.54) is 18.2 Å². The van der Waals surface area contributed by atoms with Gasteiger partial charge >= 0.3 is 5.69 Å². The van der Waals surface area contributed by atoms with E-state index < -0.39 is 22.2 Å². The van der Waals surface area contributed by atoms with E-state index in [-0.39, 0.29) is 29.8 Å². The minimum atomic E-state index is -0.673. The molecule has 3 rings (SSSR count). The second kappa shape index (κ2) is 9.08. The lowest BCUT2D eigenvalue weighted by Gasteiger charge is -2.32. The standard InChI is InChI=1S/C19H24F2N6O2/c20-15-2-1-3-16(21)14(15)11-26(10-13-6-4-12(8-22)5-7-13)19-24-9-17(27(28)29)18(23)25-19/h1-3,9,12-13H,4-8,10-11,22H2,(H2,23,24,25). The first kappa shape index (κ1) is 20.8. The molecule has 1 fully saturated rings. The summed E-state index contributed by atoms with van der Waals surface area (Å²) in [6.45, 7) is 1.01. The molecule has 156 valence electrons. The third-order valence-electron chi connectivity index (χ3n) is 5.45. The van der Waals surface area contributed by atoms with Crippen LogP contribution in [0, 0.1) is 33.6 Å². The van der Waals surface area contributed by atoms with Crippen molar-refractivity contribution in [3.05, 3.63) is 51.7 Å². The molecule has 0 spiro atoms. The van der Waals surface area contributed by atoms with Crippen molar-refractivity contribution in [2.75, 3.05) is 23.7 Å². The Morgan fingerprint density at radius 1 is 1.17 bits per heavy atom. The number of hydrogen-bond acceptors (Lipinski definition) is 7. The number of nitro groups is 1. The molecule has 1 aromatic carbocycles. The summed E-state index contributed by atoms with van der Waals surface area (Å²) in [6.07, 6.45) is 4.87. The Morgan fingerprint density at radius 3 is 2.34 bits per heavy atom. The van der Waals surface area contributed by atoms with E-state index in [1.54, 1.807) is 4.90 Å². The molecule has 0 amide bonds. The first-order valence-corrected chi connectivity index (χ1v) is 9.53. The number of benzene rings is 1. The van der Waals surface area contributed by atoms with Crippen molar-refractivity contribution in [2.24, 2.45) is 17.6 Å². The van der Waals surface area contributed by atoms with Gasteiger partial charge in [-0.3, -0.25) is 10.1 Å². The molecule has 0 bridgehead atoms. The van der Waals surface area contributed by atoms with Gasteiger partial charge in [-0.2, -0.15) is 4.98 Å². The van der Waals surface area contributed by atoms with E-state index >= 15 is 0 Å². The number of hydrogen-bond donors (Lipinski definition) is 2. The van der Waals surface area contributed by atoms with E-state index in [0.29, 0.717) is 19.0 Å². The molecule has 29 heavy (non-hydrogen) atoms. The van der Waals surface area contributed by atoms with Gasteiger partial charge in [0.25, 0.3) is 0 Å². The lowest BCUT2D eigenvalue weighted by molar-refractivity contribution is -0.384. The summed E-state index contributed by atoms with van der Waals surface area (Å²) < 4.78 is 28.4. The zero-order valence-electron chi connectivity index (χ0n) is 15.9. The van der Waals surface area contributed by atoms with Crippen molar-refractivity contribution < 1.29 is 13.7 Å². The minimum absolute atomic E-state index is 0.105. The molecule has 1 aromatic heterocycles. The molecule has 0 radical (unpaired) electrons. The third-order valence-corrected chi connectivity index (χ3v) is 5.45. The van der Waals surface area contributed by atoms with Crippen LogP contribution in [0.1, 0.15) is 31.2 Å². The van der Waals surface area contributed by atoms with Crippen molar-refractivity contribution in [2.45, 2.75) is 32.2 Å². The predicted molar refractivity (Wildman–Crippen MR) is 105 cm³/mol. The van der Waals surface area contributed by atoms with Gasteiger partial charge in [-0.25, -0.2) is 13.8 Å². The summed E-state index contributed by atoms with van der Waals surface area (Å²) in [7, 11) is 0. The van der Waals surface area contributed by atoms with Crippen LogP contribution >= 0.6 is 0 Å². The summed E-state index contributed by atoms with van der Waals surface area (Å²) in [5.74, 6) is -0.751. The maximum absolute atomic E-state index is 14.2. The van der Waals surface area contributed by atoms with Crippen molar-refractivity contribution in [3.8, 4) is 0 Å². The quantitative estimate of drug-likeness (QED) is 0.535. The van der Waals surface area contributed by atoms with E-state index in [9.17, 15) is 18.9 Å². The zero-order chi connectivity index (χ0) is 21.0. The minimum Gasteiger partial charge on any atom is -0.378 e. The lowest BCUT2D eigenvalue weighted by atomic mass is 9.82. The van der Waals surface area contributed by atoms with Crippen molar-refractivity contribution in [1.29, 1.82) is 0 Å². The second-order valence-electron chi connectivity index (χ2n) is 7.40. The molecule has 1 saturated carbocycles. The van der Waals surface area contributed by atoms with Gasteiger partial charge < -0.3 is 16.4 Å². The van der Waals surface area contributed by atoms with Crippen LogP contribution in [0.3, 0.4) is 0 Å². The van der Waals surface area contributed by atoms with E-state index in [1.807, 2.05) is 0 Å². The predicted octanol–water partition coefficient (Wildman–Crippen LogP) is 3.02. The van der Waals surface area contributed by atoms with Gasteiger partial charge in [0.05, 0.1) is 11.5 Å². The van der Waals surface area contributed by atoms with Crippen LogP contribution in [0.25, 0.3) is 0 Å². The topological polar surface area (TPSA) is 124 Å². The molecule has 0 saturated heterocycles. The Kier molecular flexibility index (Phi) is 6.53. The number of aromatic nitrogens is 2. The van der Waals surface area contributed by atoms with Crippen molar-refractivity contribution in [3.63, 3.8) is 0 Å². The third kappa shape index (κ3) is 4.94. The average molecular weight is 406 g/mol. The highest BCUT2D eigenvalue weighted by Crippen LogP contribution is 2.31. The Labute approximate surface area is 167 Å². The van der Waals surface area contributed by atoms with Crippen molar-refractivity contribution >= 4 is 17.5 Å². The summed E-state index contributed by atoms with van der Waals surface area (Å²) in [5, 5.41) is 11.0. The van der Waals surface area contributed by atoms with Crippen LogP contribution < -0.4 is 16.4 Å². The maximum atomic E-state index is 14.2. The first-order chi connectivity index (χ1) is 13.9. The Balaban J connectivity index is 1.87. The molecule has 1 heterocycles. The second-order valence-corrected chi connectivity index (χ2v) is 7.40. The van der Waals surface area contributed by atoms with Gasteiger partial charge in [-0.05, 0) is 56.2 Å². The zero-order valence-corrected chi connectivity index (χ0v) is 15.9. The summed E-state index contributed by atoms with van der Waals surface area (Å²) >= 11 is 0. The SMILES string of the molecule is NCC1CCC(CN(Cc2c(F)cccc2F)c2ncc([N+](=O)[O-])c(N)n2)CC1. The normalized spacial score (nSPS) is 19.1. The maximum Gasteiger partial charge on any atom is 0.329 e. The van der Waals surface area contributed by atoms with Crippen LogP contribution in [0.5, 0.6) is 0 Å². The Hall–Kier alpha value is -2.88. The highest BCUT2D eigenvalue weighted by molar-refractivity contribution is 5.54. The summed E-state index contributed by atoms with van der Waals surface area (Å²) in [4.78, 5) is 20.0. The number of rotatable bonds is 7. The molecule has 2 aromatic rings. The van der Waals surface area contributed by atoms with Gasteiger partial charge in [0.1, 0.15) is 17.8 Å². The van der Waals surface area contributed by atoms with E-state index in [2.05, 4.69) is 9.97 Å². The van der Waals surface area contributed by atoms with Crippen LogP contribution in [-0.2, 0) is 6.54 Å². The average Bonchev–Trinajstić information content (AvgIpc) is 2.70. The number of nitrogens with zero attached hydrogens (tertiary/aromatic N) is 4. The van der Waals surface area contributed by atoms with Crippen LogP contribution in [0.15, 0.2) is 24.4 Å². The molecular weight excluding hydrogens is 382 g/mol. The monoisotopic (exact) mass is 406 g/mol. The molecule has 0 unspecified atom stereocenters. The van der Waals surface area contributed by atoms with Crippen molar-refractivity contribution in [1.82, 2.24) is 9.97 Å². The van der Waals surface area contributed by atoms with Crippen LogP contribution in [0.2, 0.25) is 0 Å². The van der Waals surface area contributed by atoms with E-state index in [4.69, 9.17) is 11.5 Å². The van der Waals surface area contributed by atoms with E-state index in [0.717, 1.165) is 31.9 Å². The molecule has 10 heteroatoms. The Bertz CT molecular complexity index is 854. The molecule has 4 N–H and O–H groups in total. The molecule has 0 atom stereocenters. The molecule has 8 nitrogen and oxygen atoms in total. The van der Waals surface area contributed by atoms with Gasteiger partial charge in [-0.15, -0.1) is 0 Å². The molecule has 1 aliphatic rings. The van der Waals surface area contributed by atoms with Crippen LogP contribution in [0.4, 0.5) is 26.2 Å². The number of halogens is 2. The lowest BCUT2D eigenvalue weighted by Crippen LogP contribution is -2.34. The van der Waals surface area contributed by atoms with Gasteiger partial charge in [0.15, 0.2) is 0 Å². The Morgan fingerprint density at radius 2 is 1.79 bits per heavy atom. The molecule has 1 aliphatic carbocycles. The molecular formula is C19H24F2N6O2. The fourth-order valence-corrected chi connectivity index (χ4v) is 3.72. The van der Waals surface area contributed by atoms with Crippen LogP contribution in [-0.4, -0.2) is 28.0 Å². The highest BCUT2D eigenvalue weighted by atomic mass is 19.1.